The first-order valence-electron chi connectivity index (χ1n) is 6.74. The molecule has 1 unspecified atom stereocenters. The number of imide groups is 1. The Labute approximate surface area is 122 Å². The van der Waals surface area contributed by atoms with Crippen LogP contribution in [0.5, 0.6) is 0 Å². The molecular formula is C16H15N3O2. The Morgan fingerprint density at radius 3 is 2.67 bits per heavy atom. The van der Waals surface area contributed by atoms with Gasteiger partial charge in [-0.2, -0.15) is 0 Å². The Kier molecular flexibility index (Phi) is 3.27. The van der Waals surface area contributed by atoms with Crippen molar-refractivity contribution in [3.8, 4) is 0 Å². The van der Waals surface area contributed by atoms with Crippen LogP contribution >= 0.6 is 0 Å². The van der Waals surface area contributed by atoms with Crippen LogP contribution in [0.2, 0.25) is 0 Å². The topological polar surface area (TPSA) is 62.3 Å². The van der Waals surface area contributed by atoms with E-state index in [0.717, 1.165) is 5.56 Å². The van der Waals surface area contributed by atoms with Gasteiger partial charge < -0.3 is 5.32 Å². The van der Waals surface area contributed by atoms with Crippen molar-refractivity contribution in [1.29, 1.82) is 0 Å². The molecule has 0 bridgehead atoms. The summed E-state index contributed by atoms with van der Waals surface area (Å²) < 4.78 is 0. The van der Waals surface area contributed by atoms with Gasteiger partial charge in [0.15, 0.2) is 0 Å². The van der Waals surface area contributed by atoms with E-state index < -0.39 is 0 Å². The van der Waals surface area contributed by atoms with Gasteiger partial charge in [-0.05, 0) is 43.8 Å². The molecule has 1 atom stereocenters. The summed E-state index contributed by atoms with van der Waals surface area (Å²) in [5, 5.41) is 3.14. The van der Waals surface area contributed by atoms with E-state index in [9.17, 15) is 9.59 Å². The van der Waals surface area contributed by atoms with Crippen LogP contribution in [0.1, 0.15) is 39.4 Å². The summed E-state index contributed by atoms with van der Waals surface area (Å²) in [7, 11) is 1.86. The molecule has 106 valence electrons. The lowest BCUT2D eigenvalue weighted by Gasteiger charge is -2.17. The van der Waals surface area contributed by atoms with Crippen molar-refractivity contribution in [3.05, 3.63) is 59.4 Å². The van der Waals surface area contributed by atoms with E-state index in [1.165, 1.54) is 11.1 Å². The van der Waals surface area contributed by atoms with Gasteiger partial charge in [-0.25, -0.2) is 4.90 Å². The molecule has 1 aromatic heterocycles. The molecule has 0 aliphatic carbocycles. The Hall–Kier alpha value is -2.53. The summed E-state index contributed by atoms with van der Waals surface area (Å²) in [6.07, 6.45) is 1.52. The second-order valence-electron chi connectivity index (χ2n) is 4.95. The lowest BCUT2D eigenvalue weighted by atomic mass is 10.1. The zero-order valence-electron chi connectivity index (χ0n) is 11.8. The molecule has 5 nitrogen and oxygen atoms in total. The molecule has 0 fully saturated rings. The summed E-state index contributed by atoms with van der Waals surface area (Å²) in [5.74, 6) is -0.692. The summed E-state index contributed by atoms with van der Waals surface area (Å²) >= 11 is 0. The predicted octanol–water partition coefficient (Wildman–Crippen LogP) is 2.16. The van der Waals surface area contributed by atoms with Gasteiger partial charge in [0.05, 0.1) is 11.3 Å². The number of benzene rings is 1. The van der Waals surface area contributed by atoms with Gasteiger partial charge in [0, 0.05) is 12.2 Å². The van der Waals surface area contributed by atoms with E-state index in [2.05, 4.69) is 10.3 Å². The lowest BCUT2D eigenvalue weighted by Crippen LogP contribution is -2.29. The third-order valence-electron chi connectivity index (χ3n) is 3.71. The fourth-order valence-electron chi connectivity index (χ4n) is 2.40. The minimum Gasteiger partial charge on any atom is -0.313 e. The molecule has 2 heterocycles. The monoisotopic (exact) mass is 281 g/mol. The zero-order chi connectivity index (χ0) is 15.0. The van der Waals surface area contributed by atoms with Gasteiger partial charge in [0.25, 0.3) is 11.8 Å². The molecule has 2 amide bonds. The molecule has 1 aliphatic rings. The van der Waals surface area contributed by atoms with Crippen LogP contribution < -0.4 is 10.2 Å². The van der Waals surface area contributed by atoms with Crippen molar-refractivity contribution in [1.82, 2.24) is 10.3 Å². The highest BCUT2D eigenvalue weighted by molar-refractivity contribution is 6.33. The Bertz CT molecular complexity index is 692. The number of pyridine rings is 1. The van der Waals surface area contributed by atoms with Crippen LogP contribution in [-0.2, 0) is 0 Å². The highest BCUT2D eigenvalue weighted by atomic mass is 16.2. The van der Waals surface area contributed by atoms with Gasteiger partial charge in [0.2, 0.25) is 0 Å². The fourth-order valence-corrected chi connectivity index (χ4v) is 2.40. The first kappa shape index (κ1) is 13.5. The minimum atomic E-state index is -0.370. The molecule has 2 aromatic rings. The minimum absolute atomic E-state index is 0.137. The Morgan fingerprint density at radius 2 is 1.95 bits per heavy atom. The molecule has 5 heteroatoms. The number of fused-ring (bicyclic) bond motifs is 1. The molecule has 21 heavy (non-hydrogen) atoms. The van der Waals surface area contributed by atoms with Crippen LogP contribution in [0.4, 0.5) is 5.69 Å². The summed E-state index contributed by atoms with van der Waals surface area (Å²) in [6.45, 7) is 2.02. The van der Waals surface area contributed by atoms with Gasteiger partial charge >= 0.3 is 0 Å². The van der Waals surface area contributed by atoms with Gasteiger partial charge in [-0.1, -0.05) is 12.1 Å². The van der Waals surface area contributed by atoms with Gasteiger partial charge in [-0.3, -0.25) is 14.6 Å². The van der Waals surface area contributed by atoms with Crippen molar-refractivity contribution in [3.63, 3.8) is 0 Å². The number of anilines is 1. The van der Waals surface area contributed by atoms with E-state index in [1.54, 1.807) is 18.2 Å². The number of carbonyl (C=O) groups is 2. The van der Waals surface area contributed by atoms with Crippen molar-refractivity contribution in [2.45, 2.75) is 13.0 Å². The van der Waals surface area contributed by atoms with Gasteiger partial charge in [-0.15, -0.1) is 0 Å². The highest BCUT2D eigenvalue weighted by Gasteiger charge is 2.37. The predicted molar refractivity (Wildman–Crippen MR) is 79.3 cm³/mol. The quantitative estimate of drug-likeness (QED) is 0.876. The number of hydrogen-bond acceptors (Lipinski definition) is 4. The lowest BCUT2D eigenvalue weighted by molar-refractivity contribution is 0.0924. The molecule has 1 N–H and O–H groups in total. The van der Waals surface area contributed by atoms with Crippen LogP contribution in [-0.4, -0.2) is 23.8 Å². The van der Waals surface area contributed by atoms with E-state index in [1.807, 2.05) is 32.2 Å². The van der Waals surface area contributed by atoms with Crippen LogP contribution in [0.3, 0.4) is 0 Å². The standard InChI is InChI=1S/C16H15N3O2/c1-10(17-2)11-5-3-6-12(9-11)19-15(20)13-7-4-8-18-14(13)16(19)21/h3-10,17H,1-2H3. The van der Waals surface area contributed by atoms with Crippen LogP contribution in [0, 0.1) is 0 Å². The fraction of sp³-hybridized carbons (Fsp3) is 0.188. The molecule has 0 saturated carbocycles. The van der Waals surface area contributed by atoms with Crippen molar-refractivity contribution >= 4 is 17.5 Å². The first-order valence-corrected chi connectivity index (χ1v) is 6.74. The molecule has 0 spiro atoms. The van der Waals surface area contributed by atoms with Crippen molar-refractivity contribution in [2.75, 3.05) is 11.9 Å². The number of aromatic nitrogens is 1. The normalized spacial score (nSPS) is 15.2. The number of carbonyl (C=O) groups excluding carboxylic acids is 2. The third kappa shape index (κ3) is 2.11. The average Bonchev–Trinajstić information content (AvgIpc) is 2.78. The molecular weight excluding hydrogens is 266 g/mol. The average molecular weight is 281 g/mol. The van der Waals surface area contributed by atoms with E-state index in [-0.39, 0.29) is 23.6 Å². The summed E-state index contributed by atoms with van der Waals surface area (Å²) in [4.78, 5) is 30.0. The van der Waals surface area contributed by atoms with Crippen LogP contribution in [0.25, 0.3) is 0 Å². The highest BCUT2D eigenvalue weighted by Crippen LogP contribution is 2.28. The molecule has 0 radical (unpaired) electrons. The van der Waals surface area contributed by atoms with Crippen molar-refractivity contribution in [2.24, 2.45) is 0 Å². The maximum Gasteiger partial charge on any atom is 0.284 e. The number of hydrogen-bond donors (Lipinski definition) is 1. The first-order chi connectivity index (χ1) is 10.1. The second kappa shape index (κ2) is 5.10. The van der Waals surface area contributed by atoms with Gasteiger partial charge in [0.1, 0.15) is 5.69 Å². The number of nitrogens with one attached hydrogen (secondary N) is 1. The molecule has 0 saturated heterocycles. The van der Waals surface area contributed by atoms with Crippen molar-refractivity contribution < 1.29 is 9.59 Å². The van der Waals surface area contributed by atoms with E-state index >= 15 is 0 Å². The molecule has 1 aromatic carbocycles. The summed E-state index contributed by atoms with van der Waals surface area (Å²) in [6, 6.07) is 10.8. The maximum absolute atomic E-state index is 12.4. The number of rotatable bonds is 3. The second-order valence-corrected chi connectivity index (χ2v) is 4.95. The number of amides is 2. The molecule has 3 rings (SSSR count). The zero-order valence-corrected chi connectivity index (χ0v) is 11.8. The summed E-state index contributed by atoms with van der Waals surface area (Å²) in [5.41, 5.74) is 2.16. The Morgan fingerprint density at radius 1 is 1.14 bits per heavy atom. The van der Waals surface area contributed by atoms with Crippen LogP contribution in [0.15, 0.2) is 42.6 Å². The SMILES string of the molecule is CNC(C)c1cccc(N2C(=O)c3cccnc3C2=O)c1. The largest absolute Gasteiger partial charge is 0.313 e. The third-order valence-corrected chi connectivity index (χ3v) is 3.71. The molecule has 1 aliphatic heterocycles. The van der Waals surface area contributed by atoms with E-state index in [0.29, 0.717) is 11.3 Å². The maximum atomic E-state index is 12.4. The van der Waals surface area contributed by atoms with E-state index in [4.69, 9.17) is 0 Å². The number of nitrogens with zero attached hydrogens (tertiary/aromatic N) is 2. The Balaban J connectivity index is 2.03. The smallest absolute Gasteiger partial charge is 0.284 e.